The minimum Gasteiger partial charge on any atom is -0.305 e. The van der Waals surface area contributed by atoms with Gasteiger partial charge in [0.05, 0.1) is 0 Å². The van der Waals surface area contributed by atoms with Crippen LogP contribution in [0.4, 0.5) is 0 Å². The first-order chi connectivity index (χ1) is 6.12. The Morgan fingerprint density at radius 3 is 2.38 bits per heavy atom. The molecule has 0 aromatic heterocycles. The molecule has 1 saturated heterocycles. The van der Waals surface area contributed by atoms with E-state index >= 15 is 0 Å². The van der Waals surface area contributed by atoms with E-state index in [2.05, 4.69) is 25.8 Å². The second-order valence-electron chi connectivity index (χ2n) is 4.49. The summed E-state index contributed by atoms with van der Waals surface area (Å²) in [6.07, 6.45) is 3.72. The molecule has 2 heteroatoms. The molecule has 0 atom stereocenters. The summed E-state index contributed by atoms with van der Waals surface area (Å²) in [5, 5.41) is 0. The first-order valence-electron chi connectivity index (χ1n) is 5.32. The van der Waals surface area contributed by atoms with Crippen molar-refractivity contribution in [1.29, 1.82) is 0 Å². The fraction of sp³-hybridized carbons (Fsp3) is 0.909. The van der Waals surface area contributed by atoms with Gasteiger partial charge in [0.15, 0.2) is 0 Å². The number of rotatable bonds is 5. The van der Waals surface area contributed by atoms with Crippen LogP contribution in [0.5, 0.6) is 0 Å². The van der Waals surface area contributed by atoms with Gasteiger partial charge in [0.1, 0.15) is 5.78 Å². The Kier molecular flexibility index (Phi) is 3.48. The molecule has 0 unspecified atom stereocenters. The van der Waals surface area contributed by atoms with Gasteiger partial charge in [-0.15, -0.1) is 0 Å². The number of carbonyl (C=O) groups is 1. The van der Waals surface area contributed by atoms with Crippen LogP contribution in [0.25, 0.3) is 0 Å². The summed E-state index contributed by atoms with van der Waals surface area (Å²) in [7, 11) is 2.12. The number of hydrogen-bond acceptors (Lipinski definition) is 2. The number of Topliss-reactive ketones (excluding diaryl/α,β-unsaturated/α-hetero) is 1. The summed E-state index contributed by atoms with van der Waals surface area (Å²) in [6, 6.07) is 0. The molecule has 0 spiro atoms. The van der Waals surface area contributed by atoms with Crippen LogP contribution in [0.2, 0.25) is 0 Å². The minimum atomic E-state index is 0.334. The Labute approximate surface area is 81.3 Å². The SMILES string of the molecule is CCCC(=O)CC1(CC)CN(C)C1. The lowest BCUT2D eigenvalue weighted by atomic mass is 9.73. The van der Waals surface area contributed by atoms with E-state index in [9.17, 15) is 4.79 Å². The molecule has 0 bridgehead atoms. The van der Waals surface area contributed by atoms with Crippen LogP contribution >= 0.6 is 0 Å². The van der Waals surface area contributed by atoms with Crippen LogP contribution in [0, 0.1) is 5.41 Å². The van der Waals surface area contributed by atoms with E-state index in [1.165, 1.54) is 0 Å². The van der Waals surface area contributed by atoms with E-state index < -0.39 is 0 Å². The van der Waals surface area contributed by atoms with E-state index in [0.717, 1.165) is 38.8 Å². The third-order valence-electron chi connectivity index (χ3n) is 3.06. The summed E-state index contributed by atoms with van der Waals surface area (Å²) in [4.78, 5) is 13.8. The first-order valence-corrected chi connectivity index (χ1v) is 5.32. The highest BCUT2D eigenvalue weighted by Crippen LogP contribution is 2.36. The quantitative estimate of drug-likeness (QED) is 0.650. The second-order valence-corrected chi connectivity index (χ2v) is 4.49. The highest BCUT2D eigenvalue weighted by Gasteiger charge is 2.40. The van der Waals surface area contributed by atoms with Crippen LogP contribution in [0.3, 0.4) is 0 Å². The fourth-order valence-corrected chi connectivity index (χ4v) is 2.34. The molecule has 0 radical (unpaired) electrons. The van der Waals surface area contributed by atoms with Gasteiger partial charge in [0.25, 0.3) is 0 Å². The number of hydrogen-bond donors (Lipinski definition) is 0. The largest absolute Gasteiger partial charge is 0.305 e. The zero-order valence-electron chi connectivity index (χ0n) is 9.10. The molecule has 76 valence electrons. The standard InChI is InChI=1S/C11H21NO/c1-4-6-10(13)7-11(5-2)8-12(3)9-11/h4-9H2,1-3H3. The Bertz CT molecular complexity index is 183. The maximum absolute atomic E-state index is 11.5. The Morgan fingerprint density at radius 1 is 1.38 bits per heavy atom. The van der Waals surface area contributed by atoms with Gasteiger partial charge in [0.2, 0.25) is 0 Å². The zero-order valence-corrected chi connectivity index (χ0v) is 9.10. The number of nitrogens with zero attached hydrogens (tertiary/aromatic N) is 1. The second kappa shape index (κ2) is 4.23. The maximum Gasteiger partial charge on any atom is 0.133 e. The van der Waals surface area contributed by atoms with Crippen molar-refractivity contribution in [3.05, 3.63) is 0 Å². The molecule has 0 aromatic rings. The Morgan fingerprint density at radius 2 is 2.00 bits per heavy atom. The highest BCUT2D eigenvalue weighted by atomic mass is 16.1. The lowest BCUT2D eigenvalue weighted by Crippen LogP contribution is -2.54. The Hall–Kier alpha value is -0.370. The summed E-state index contributed by atoms with van der Waals surface area (Å²) >= 11 is 0. The first kappa shape index (κ1) is 10.7. The lowest BCUT2D eigenvalue weighted by Gasteiger charge is -2.48. The molecule has 1 rings (SSSR count). The predicted molar refractivity (Wildman–Crippen MR) is 54.8 cm³/mol. The molecule has 1 heterocycles. The molecular formula is C11H21NO. The molecule has 0 N–H and O–H groups in total. The van der Waals surface area contributed by atoms with Crippen molar-refractivity contribution >= 4 is 5.78 Å². The van der Waals surface area contributed by atoms with Crippen molar-refractivity contribution in [1.82, 2.24) is 4.90 Å². The van der Waals surface area contributed by atoms with Gasteiger partial charge in [-0.05, 0) is 19.9 Å². The molecule has 0 amide bonds. The van der Waals surface area contributed by atoms with Crippen LogP contribution in [0.15, 0.2) is 0 Å². The molecular weight excluding hydrogens is 162 g/mol. The minimum absolute atomic E-state index is 0.334. The third kappa shape index (κ3) is 2.53. The van der Waals surface area contributed by atoms with Crippen molar-refractivity contribution in [2.45, 2.75) is 39.5 Å². The molecule has 1 fully saturated rings. The van der Waals surface area contributed by atoms with E-state index in [0.29, 0.717) is 11.2 Å². The van der Waals surface area contributed by atoms with Gasteiger partial charge in [-0.25, -0.2) is 0 Å². The molecule has 1 aliphatic heterocycles. The van der Waals surface area contributed by atoms with Gasteiger partial charge < -0.3 is 4.90 Å². The number of likely N-dealkylation sites (tertiary alicyclic amines) is 1. The van der Waals surface area contributed by atoms with Crippen molar-refractivity contribution in [3.63, 3.8) is 0 Å². The Balaban J connectivity index is 2.37. The van der Waals surface area contributed by atoms with Gasteiger partial charge >= 0.3 is 0 Å². The number of carbonyl (C=O) groups excluding carboxylic acids is 1. The van der Waals surface area contributed by atoms with Crippen molar-refractivity contribution in [3.8, 4) is 0 Å². The van der Waals surface area contributed by atoms with Crippen LogP contribution in [-0.2, 0) is 4.79 Å². The molecule has 13 heavy (non-hydrogen) atoms. The lowest BCUT2D eigenvalue weighted by molar-refractivity contribution is -0.124. The van der Waals surface area contributed by atoms with Crippen LogP contribution in [0.1, 0.15) is 39.5 Å². The van der Waals surface area contributed by atoms with E-state index in [4.69, 9.17) is 0 Å². The van der Waals surface area contributed by atoms with Crippen LogP contribution in [-0.4, -0.2) is 30.8 Å². The molecule has 0 aliphatic carbocycles. The van der Waals surface area contributed by atoms with Crippen molar-refractivity contribution < 1.29 is 4.79 Å². The predicted octanol–water partition coefficient (Wildman–Crippen LogP) is 2.09. The van der Waals surface area contributed by atoms with E-state index in [1.807, 2.05) is 0 Å². The van der Waals surface area contributed by atoms with Crippen molar-refractivity contribution in [2.75, 3.05) is 20.1 Å². The summed E-state index contributed by atoms with van der Waals surface area (Å²) in [6.45, 7) is 6.49. The highest BCUT2D eigenvalue weighted by molar-refractivity contribution is 5.79. The average molecular weight is 183 g/mol. The van der Waals surface area contributed by atoms with E-state index in [1.54, 1.807) is 0 Å². The summed E-state index contributed by atoms with van der Waals surface area (Å²) < 4.78 is 0. The zero-order chi connectivity index (χ0) is 9.90. The molecule has 2 nitrogen and oxygen atoms in total. The molecule has 0 aromatic carbocycles. The van der Waals surface area contributed by atoms with Gasteiger partial charge in [-0.1, -0.05) is 13.8 Å². The van der Waals surface area contributed by atoms with Crippen molar-refractivity contribution in [2.24, 2.45) is 5.41 Å². The molecule has 0 saturated carbocycles. The third-order valence-corrected chi connectivity index (χ3v) is 3.06. The topological polar surface area (TPSA) is 20.3 Å². The summed E-state index contributed by atoms with van der Waals surface area (Å²) in [5.41, 5.74) is 0.334. The van der Waals surface area contributed by atoms with Gasteiger partial charge in [-0.2, -0.15) is 0 Å². The average Bonchev–Trinajstić information content (AvgIpc) is 2.01. The molecule has 1 aliphatic rings. The van der Waals surface area contributed by atoms with Gasteiger partial charge in [0, 0.05) is 31.3 Å². The summed E-state index contributed by atoms with van der Waals surface area (Å²) in [5.74, 6) is 0.456. The smallest absolute Gasteiger partial charge is 0.133 e. The fourth-order valence-electron chi connectivity index (χ4n) is 2.34. The monoisotopic (exact) mass is 183 g/mol. The van der Waals surface area contributed by atoms with Gasteiger partial charge in [-0.3, -0.25) is 4.79 Å². The normalized spacial score (nSPS) is 21.2. The van der Waals surface area contributed by atoms with Crippen LogP contribution < -0.4 is 0 Å². The number of ketones is 1. The van der Waals surface area contributed by atoms with E-state index in [-0.39, 0.29) is 0 Å². The maximum atomic E-state index is 11.5.